The van der Waals surface area contributed by atoms with Crippen LogP contribution in [-0.2, 0) is 22.9 Å². The Morgan fingerprint density at radius 3 is 2.71 bits per heavy atom. The molecule has 2 aromatic rings. The molecule has 2 heterocycles. The van der Waals surface area contributed by atoms with E-state index in [9.17, 15) is 8.42 Å². The zero-order valence-electron chi connectivity index (χ0n) is 12.9. The lowest BCUT2D eigenvalue weighted by Crippen LogP contribution is -2.26. The second kappa shape index (κ2) is 5.99. The molecule has 0 atom stereocenters. The fourth-order valence-corrected chi connectivity index (χ4v) is 3.90. The molecule has 2 aliphatic heterocycles. The van der Waals surface area contributed by atoms with Gasteiger partial charge in [-0.25, -0.2) is 13.1 Å². The van der Waals surface area contributed by atoms with Crippen molar-refractivity contribution in [2.45, 2.75) is 17.7 Å². The molecule has 0 saturated heterocycles. The maximum Gasteiger partial charge on any atom is 0.240 e. The highest BCUT2D eigenvalue weighted by Crippen LogP contribution is 2.33. The first-order valence-electron chi connectivity index (χ1n) is 7.76. The van der Waals surface area contributed by atoms with E-state index in [1.54, 1.807) is 6.07 Å². The van der Waals surface area contributed by atoms with Gasteiger partial charge < -0.3 is 14.2 Å². The molecule has 6 nitrogen and oxygen atoms in total. The SMILES string of the molecule is O=S(=O)(NCCc1ccc2c(c1)CCO2)c1ccc2c(c1)OCO2. The Hall–Kier alpha value is -2.25. The van der Waals surface area contributed by atoms with Gasteiger partial charge in [0.1, 0.15) is 5.75 Å². The molecule has 0 amide bonds. The van der Waals surface area contributed by atoms with Crippen molar-refractivity contribution in [3.05, 3.63) is 47.5 Å². The number of nitrogens with one attached hydrogen (secondary N) is 1. The van der Waals surface area contributed by atoms with Gasteiger partial charge in [-0.2, -0.15) is 0 Å². The van der Waals surface area contributed by atoms with E-state index in [2.05, 4.69) is 10.8 Å². The van der Waals surface area contributed by atoms with E-state index in [4.69, 9.17) is 14.2 Å². The van der Waals surface area contributed by atoms with E-state index in [0.29, 0.717) is 24.5 Å². The summed E-state index contributed by atoms with van der Waals surface area (Å²) >= 11 is 0. The smallest absolute Gasteiger partial charge is 0.240 e. The summed E-state index contributed by atoms with van der Waals surface area (Å²) in [5.74, 6) is 1.95. The van der Waals surface area contributed by atoms with Crippen LogP contribution in [0, 0.1) is 0 Å². The highest BCUT2D eigenvalue weighted by atomic mass is 32.2. The highest BCUT2D eigenvalue weighted by Gasteiger charge is 2.20. The Kier molecular flexibility index (Phi) is 3.82. The third-order valence-corrected chi connectivity index (χ3v) is 5.57. The second-order valence-electron chi connectivity index (χ2n) is 5.70. The summed E-state index contributed by atoms with van der Waals surface area (Å²) < 4.78 is 43.3. The van der Waals surface area contributed by atoms with Gasteiger partial charge in [0, 0.05) is 19.0 Å². The zero-order chi connectivity index (χ0) is 16.6. The summed E-state index contributed by atoms with van der Waals surface area (Å²) in [7, 11) is -3.57. The summed E-state index contributed by atoms with van der Waals surface area (Å²) in [6, 6.07) is 10.6. The fourth-order valence-electron chi connectivity index (χ4n) is 2.85. The first-order chi connectivity index (χ1) is 11.6. The van der Waals surface area contributed by atoms with Crippen LogP contribution < -0.4 is 18.9 Å². The minimum absolute atomic E-state index is 0.119. The molecule has 7 heteroatoms. The van der Waals surface area contributed by atoms with Crippen LogP contribution in [0.15, 0.2) is 41.3 Å². The quantitative estimate of drug-likeness (QED) is 0.894. The monoisotopic (exact) mass is 347 g/mol. The first-order valence-corrected chi connectivity index (χ1v) is 9.24. The molecule has 0 aliphatic carbocycles. The Bertz CT molecular complexity index is 879. The van der Waals surface area contributed by atoms with Gasteiger partial charge in [0.2, 0.25) is 16.8 Å². The number of ether oxygens (including phenoxy) is 3. The van der Waals surface area contributed by atoms with Crippen molar-refractivity contribution < 1.29 is 22.6 Å². The summed E-state index contributed by atoms with van der Waals surface area (Å²) in [6.45, 7) is 1.17. The van der Waals surface area contributed by atoms with Crippen molar-refractivity contribution in [1.82, 2.24) is 4.72 Å². The lowest BCUT2D eigenvalue weighted by molar-refractivity contribution is 0.174. The summed E-state index contributed by atoms with van der Waals surface area (Å²) in [4.78, 5) is 0.175. The van der Waals surface area contributed by atoms with Crippen LogP contribution in [-0.4, -0.2) is 28.4 Å². The van der Waals surface area contributed by atoms with Gasteiger partial charge in [-0.05, 0) is 35.7 Å². The van der Waals surface area contributed by atoms with Gasteiger partial charge in [0.05, 0.1) is 11.5 Å². The number of hydrogen-bond acceptors (Lipinski definition) is 5. The molecule has 0 fully saturated rings. The van der Waals surface area contributed by atoms with Crippen LogP contribution in [0.4, 0.5) is 0 Å². The van der Waals surface area contributed by atoms with Crippen LogP contribution in [0.25, 0.3) is 0 Å². The van der Waals surface area contributed by atoms with E-state index in [0.717, 1.165) is 24.3 Å². The van der Waals surface area contributed by atoms with Gasteiger partial charge in [-0.3, -0.25) is 0 Å². The Morgan fingerprint density at radius 1 is 0.958 bits per heavy atom. The summed E-state index contributed by atoms with van der Waals surface area (Å²) in [6.07, 6.45) is 1.53. The van der Waals surface area contributed by atoms with Crippen molar-refractivity contribution in [2.24, 2.45) is 0 Å². The normalized spacial score (nSPS) is 15.2. The van der Waals surface area contributed by atoms with Crippen LogP contribution in [0.2, 0.25) is 0 Å². The van der Waals surface area contributed by atoms with Crippen molar-refractivity contribution in [2.75, 3.05) is 19.9 Å². The molecule has 2 aromatic carbocycles. The zero-order valence-corrected chi connectivity index (χ0v) is 13.8. The van der Waals surface area contributed by atoms with Crippen LogP contribution in [0.1, 0.15) is 11.1 Å². The van der Waals surface area contributed by atoms with Gasteiger partial charge >= 0.3 is 0 Å². The van der Waals surface area contributed by atoms with Crippen molar-refractivity contribution in [1.29, 1.82) is 0 Å². The van der Waals surface area contributed by atoms with Crippen molar-refractivity contribution >= 4 is 10.0 Å². The predicted octanol–water partition coefficient (Wildman–Crippen LogP) is 1.87. The Morgan fingerprint density at radius 2 is 1.79 bits per heavy atom. The lowest BCUT2D eigenvalue weighted by atomic mass is 10.1. The minimum Gasteiger partial charge on any atom is -0.493 e. The number of hydrogen-bond donors (Lipinski definition) is 1. The largest absolute Gasteiger partial charge is 0.493 e. The van der Waals surface area contributed by atoms with Gasteiger partial charge in [0.15, 0.2) is 11.5 Å². The molecule has 0 radical (unpaired) electrons. The molecule has 24 heavy (non-hydrogen) atoms. The molecular formula is C17H17NO5S. The Balaban J connectivity index is 1.41. The molecule has 0 spiro atoms. The maximum atomic E-state index is 12.4. The highest BCUT2D eigenvalue weighted by molar-refractivity contribution is 7.89. The van der Waals surface area contributed by atoms with Gasteiger partial charge in [-0.1, -0.05) is 12.1 Å². The standard InChI is InChI=1S/C17H17NO5S/c19-24(20,14-2-4-16-17(10-14)23-11-22-16)18-7-5-12-1-3-15-13(9-12)6-8-21-15/h1-4,9-10,18H,5-8,11H2. The van der Waals surface area contributed by atoms with Crippen LogP contribution >= 0.6 is 0 Å². The Labute approximate surface area is 140 Å². The third-order valence-electron chi connectivity index (χ3n) is 4.11. The molecule has 126 valence electrons. The molecule has 0 aromatic heterocycles. The second-order valence-corrected chi connectivity index (χ2v) is 7.47. The average Bonchev–Trinajstić information content (AvgIpc) is 3.22. The summed E-state index contributed by atoms with van der Waals surface area (Å²) in [5, 5.41) is 0. The topological polar surface area (TPSA) is 73.9 Å². The predicted molar refractivity (Wildman–Crippen MR) is 87.1 cm³/mol. The molecule has 0 saturated carbocycles. The van der Waals surface area contributed by atoms with Crippen LogP contribution in [0.5, 0.6) is 17.2 Å². The van der Waals surface area contributed by atoms with E-state index in [1.165, 1.54) is 17.7 Å². The molecule has 1 N–H and O–H groups in total. The van der Waals surface area contributed by atoms with E-state index >= 15 is 0 Å². The molecular weight excluding hydrogens is 330 g/mol. The number of sulfonamides is 1. The van der Waals surface area contributed by atoms with Crippen molar-refractivity contribution in [3.8, 4) is 17.2 Å². The van der Waals surface area contributed by atoms with E-state index in [-0.39, 0.29) is 11.7 Å². The fraction of sp³-hybridized carbons (Fsp3) is 0.294. The van der Waals surface area contributed by atoms with Crippen molar-refractivity contribution in [3.63, 3.8) is 0 Å². The minimum atomic E-state index is -3.57. The van der Waals surface area contributed by atoms with E-state index in [1.807, 2.05) is 12.1 Å². The number of rotatable bonds is 5. The first kappa shape index (κ1) is 15.3. The molecule has 2 aliphatic rings. The van der Waals surface area contributed by atoms with Gasteiger partial charge in [-0.15, -0.1) is 0 Å². The average molecular weight is 347 g/mol. The number of fused-ring (bicyclic) bond motifs is 2. The third kappa shape index (κ3) is 2.92. The molecule has 0 unspecified atom stereocenters. The molecule has 0 bridgehead atoms. The molecule has 4 rings (SSSR count). The maximum absolute atomic E-state index is 12.4. The van der Waals surface area contributed by atoms with Crippen LogP contribution in [0.3, 0.4) is 0 Å². The number of benzene rings is 2. The van der Waals surface area contributed by atoms with Gasteiger partial charge in [0.25, 0.3) is 0 Å². The van der Waals surface area contributed by atoms with E-state index < -0.39 is 10.0 Å². The summed E-state index contributed by atoms with van der Waals surface area (Å²) in [5.41, 5.74) is 2.28. The lowest BCUT2D eigenvalue weighted by Gasteiger charge is -2.08.